The Hall–Kier alpha value is -6.50. The summed E-state index contributed by atoms with van der Waals surface area (Å²) in [6.45, 7) is 7.51. The van der Waals surface area contributed by atoms with E-state index >= 15 is 0 Å². The molecule has 0 fully saturated rings. The van der Waals surface area contributed by atoms with E-state index in [1.54, 1.807) is 66.7 Å². The Morgan fingerprint density at radius 1 is 0.472 bits per heavy atom. The number of ether oxygens (including phenoxy) is 7. The number of carbonyl (C=O) groups excluding carboxylic acids is 6. The van der Waals surface area contributed by atoms with E-state index in [1.165, 1.54) is 47.6 Å². The van der Waals surface area contributed by atoms with E-state index in [4.69, 9.17) is 33.2 Å². The van der Waals surface area contributed by atoms with Crippen molar-refractivity contribution < 1.29 is 61.9 Å². The Kier molecular flexibility index (Phi) is 10.0. The molecule has 0 bridgehead atoms. The molecule has 2 aliphatic rings. The van der Waals surface area contributed by atoms with Crippen LogP contribution in [0.3, 0.4) is 0 Å². The molecule has 272 valence electrons. The van der Waals surface area contributed by atoms with Gasteiger partial charge in [-0.05, 0) is 53.1 Å². The Morgan fingerprint density at radius 3 is 1.45 bits per heavy atom. The van der Waals surface area contributed by atoms with Gasteiger partial charge in [-0.15, -0.1) is 0 Å². The fourth-order valence-corrected chi connectivity index (χ4v) is 6.91. The number of carbonyl (C=O) groups is 6. The van der Waals surface area contributed by atoms with Crippen molar-refractivity contribution in [3.63, 3.8) is 0 Å². The molecule has 4 aromatic carbocycles. The molecule has 13 heteroatoms. The standard InChI is InChI=1S/C40H34O13/c1-19(41)47-27-11-7-25(8-12-27)35-36-31(15-29(49-21(3)43)17-33(36)51-23(5)45)38-37-32(40(35)52-24(6)46)16-30(50-22(4)44)18-34(37)53-39(38)26-9-13-28(14-10-26)48-20(2)42/h7-18,35,38-40H,1-6H3/t35-,38+,39-,40-/m0/s1. The molecule has 6 rings (SSSR count). The van der Waals surface area contributed by atoms with Crippen molar-refractivity contribution >= 4 is 35.8 Å². The minimum absolute atomic E-state index is 0.0166. The normalized spacial score (nSPS) is 17.8. The molecule has 1 aliphatic heterocycles. The van der Waals surface area contributed by atoms with Gasteiger partial charge in [0.2, 0.25) is 0 Å². The minimum atomic E-state index is -1.15. The molecule has 0 aromatic heterocycles. The average Bonchev–Trinajstić information content (AvgIpc) is 3.38. The summed E-state index contributed by atoms with van der Waals surface area (Å²) in [5.41, 5.74) is 3.07. The smallest absolute Gasteiger partial charge is 0.308 e. The predicted octanol–water partition coefficient (Wildman–Crippen LogP) is 6.33. The van der Waals surface area contributed by atoms with Gasteiger partial charge in [0.15, 0.2) is 0 Å². The molecule has 1 heterocycles. The van der Waals surface area contributed by atoms with Gasteiger partial charge in [-0.25, -0.2) is 0 Å². The lowest BCUT2D eigenvalue weighted by atomic mass is 9.80. The Morgan fingerprint density at radius 2 is 0.943 bits per heavy atom. The molecular weight excluding hydrogens is 688 g/mol. The minimum Gasteiger partial charge on any atom is -0.484 e. The van der Waals surface area contributed by atoms with E-state index in [2.05, 4.69) is 0 Å². The zero-order valence-electron chi connectivity index (χ0n) is 29.5. The van der Waals surface area contributed by atoms with Crippen LogP contribution >= 0.6 is 0 Å². The van der Waals surface area contributed by atoms with Gasteiger partial charge in [0, 0.05) is 70.4 Å². The molecule has 0 unspecified atom stereocenters. The maximum Gasteiger partial charge on any atom is 0.308 e. The molecule has 53 heavy (non-hydrogen) atoms. The first kappa shape index (κ1) is 36.3. The van der Waals surface area contributed by atoms with Crippen LogP contribution in [-0.2, 0) is 33.5 Å². The maximum absolute atomic E-state index is 13.0. The highest BCUT2D eigenvalue weighted by atomic mass is 16.6. The molecule has 0 N–H and O–H groups in total. The van der Waals surface area contributed by atoms with E-state index in [0.717, 1.165) is 0 Å². The topological polar surface area (TPSA) is 167 Å². The van der Waals surface area contributed by atoms with E-state index in [0.29, 0.717) is 44.9 Å². The van der Waals surface area contributed by atoms with Crippen molar-refractivity contribution in [3.8, 4) is 34.5 Å². The first-order chi connectivity index (χ1) is 25.2. The lowest BCUT2D eigenvalue weighted by molar-refractivity contribution is -0.147. The van der Waals surface area contributed by atoms with Crippen LogP contribution in [0.5, 0.6) is 34.5 Å². The van der Waals surface area contributed by atoms with Crippen molar-refractivity contribution in [1.82, 2.24) is 0 Å². The Bertz CT molecular complexity index is 2150. The first-order valence-electron chi connectivity index (χ1n) is 16.5. The predicted molar refractivity (Wildman–Crippen MR) is 184 cm³/mol. The maximum atomic E-state index is 13.0. The molecule has 0 saturated carbocycles. The highest BCUT2D eigenvalue weighted by Gasteiger charge is 2.49. The van der Waals surface area contributed by atoms with E-state index in [-0.39, 0.29) is 23.0 Å². The van der Waals surface area contributed by atoms with Crippen molar-refractivity contribution in [3.05, 3.63) is 106 Å². The molecule has 1 aliphatic carbocycles. The van der Waals surface area contributed by atoms with Crippen LogP contribution in [0.25, 0.3) is 0 Å². The lowest BCUT2D eigenvalue weighted by Crippen LogP contribution is -2.21. The highest BCUT2D eigenvalue weighted by Crippen LogP contribution is 2.61. The SMILES string of the molecule is CC(=O)Oc1ccc([C@H]2c3c(OC(C)=O)cc(OC(C)=O)cc3[C@@H]3c4c(cc(OC(C)=O)cc4[C@@H]2OC(C)=O)O[C@H]3c2ccc(OC(C)=O)cc2)cc1. The van der Waals surface area contributed by atoms with E-state index in [9.17, 15) is 28.8 Å². The molecule has 0 saturated heterocycles. The zero-order valence-corrected chi connectivity index (χ0v) is 29.5. The monoisotopic (exact) mass is 722 g/mol. The van der Waals surface area contributed by atoms with Gasteiger partial charge < -0.3 is 33.2 Å². The van der Waals surface area contributed by atoms with Crippen LogP contribution < -0.4 is 28.4 Å². The summed E-state index contributed by atoms with van der Waals surface area (Å²) in [5, 5.41) is 0. The van der Waals surface area contributed by atoms with Crippen LogP contribution in [-0.4, -0.2) is 35.8 Å². The van der Waals surface area contributed by atoms with Gasteiger partial charge in [0.05, 0.1) is 11.8 Å². The van der Waals surface area contributed by atoms with Crippen molar-refractivity contribution in [2.24, 2.45) is 0 Å². The number of fused-ring (bicyclic) bond motifs is 2. The Balaban J connectivity index is 1.71. The second-order valence-electron chi connectivity index (χ2n) is 12.5. The van der Waals surface area contributed by atoms with E-state index < -0.39 is 59.9 Å². The molecule has 4 atom stereocenters. The number of rotatable bonds is 8. The average molecular weight is 723 g/mol. The van der Waals surface area contributed by atoms with Crippen LogP contribution in [0.2, 0.25) is 0 Å². The van der Waals surface area contributed by atoms with Gasteiger partial charge in [0.25, 0.3) is 0 Å². The summed E-state index contributed by atoms with van der Waals surface area (Å²) in [4.78, 5) is 73.7. The molecule has 4 aromatic rings. The molecule has 13 nitrogen and oxygen atoms in total. The highest BCUT2D eigenvalue weighted by molar-refractivity contribution is 5.76. The summed E-state index contributed by atoms with van der Waals surface area (Å²) in [5.74, 6) is -4.19. The third-order valence-electron chi connectivity index (χ3n) is 8.46. The second-order valence-corrected chi connectivity index (χ2v) is 12.5. The fourth-order valence-electron chi connectivity index (χ4n) is 6.91. The number of esters is 6. The number of hydrogen-bond acceptors (Lipinski definition) is 13. The lowest BCUT2D eigenvalue weighted by Gasteiger charge is -2.30. The number of hydrogen-bond donors (Lipinski definition) is 0. The molecular formula is C40H34O13. The third-order valence-corrected chi connectivity index (χ3v) is 8.46. The van der Waals surface area contributed by atoms with Crippen LogP contribution in [0, 0.1) is 0 Å². The Labute approximate surface area is 303 Å². The quantitative estimate of drug-likeness (QED) is 0.146. The molecule has 0 spiro atoms. The fraction of sp³-hybridized carbons (Fsp3) is 0.250. The first-order valence-corrected chi connectivity index (χ1v) is 16.5. The largest absolute Gasteiger partial charge is 0.484 e. The molecule has 0 radical (unpaired) electrons. The van der Waals surface area contributed by atoms with Gasteiger partial charge in [-0.1, -0.05) is 24.3 Å². The summed E-state index contributed by atoms with van der Waals surface area (Å²) >= 11 is 0. The number of benzene rings is 4. The van der Waals surface area contributed by atoms with Crippen molar-refractivity contribution in [1.29, 1.82) is 0 Å². The van der Waals surface area contributed by atoms with Crippen molar-refractivity contribution in [2.75, 3.05) is 0 Å². The summed E-state index contributed by atoms with van der Waals surface area (Å²) in [6.07, 6.45) is -1.97. The third kappa shape index (κ3) is 7.74. The summed E-state index contributed by atoms with van der Waals surface area (Å²) in [6, 6.07) is 19.4. The van der Waals surface area contributed by atoms with Crippen molar-refractivity contribution in [2.45, 2.75) is 65.6 Å². The van der Waals surface area contributed by atoms with Crippen LogP contribution in [0.1, 0.15) is 99.0 Å². The van der Waals surface area contributed by atoms with Gasteiger partial charge >= 0.3 is 35.8 Å². The van der Waals surface area contributed by atoms with Gasteiger partial charge in [-0.3, -0.25) is 28.8 Å². The van der Waals surface area contributed by atoms with Gasteiger partial charge in [-0.2, -0.15) is 0 Å². The van der Waals surface area contributed by atoms with E-state index in [1.807, 2.05) is 0 Å². The van der Waals surface area contributed by atoms with Crippen LogP contribution in [0.15, 0.2) is 72.8 Å². The summed E-state index contributed by atoms with van der Waals surface area (Å²) < 4.78 is 40.3. The summed E-state index contributed by atoms with van der Waals surface area (Å²) in [7, 11) is 0. The van der Waals surface area contributed by atoms with Gasteiger partial charge in [0.1, 0.15) is 46.7 Å². The zero-order chi connectivity index (χ0) is 38.1. The van der Waals surface area contributed by atoms with Crippen LogP contribution in [0.4, 0.5) is 0 Å². The second kappa shape index (κ2) is 14.6. The molecule has 0 amide bonds.